The van der Waals surface area contributed by atoms with Crippen LogP contribution in [0.4, 0.5) is 17.3 Å². The smallest absolute Gasteiger partial charge is 0.445 e. The van der Waals surface area contributed by atoms with E-state index < -0.39 is 18.3 Å². The first kappa shape index (κ1) is 13.7. The molecule has 0 N–H and O–H groups in total. The number of benzene rings is 1. The van der Waals surface area contributed by atoms with Crippen LogP contribution in [0.15, 0.2) is 18.2 Å². The van der Waals surface area contributed by atoms with Crippen LogP contribution in [-0.2, 0) is 0 Å². The molecule has 0 saturated heterocycles. The van der Waals surface area contributed by atoms with Crippen LogP contribution in [-0.4, -0.2) is 6.98 Å². The van der Waals surface area contributed by atoms with E-state index in [4.69, 9.17) is 0 Å². The van der Waals surface area contributed by atoms with E-state index in [1.54, 1.807) is 0 Å². The second-order valence-corrected chi connectivity index (χ2v) is 3.59. The molecule has 6 heteroatoms. The molecule has 1 aromatic rings. The Labute approximate surface area is 128 Å². The number of rotatable bonds is 2. The molecule has 0 unspecified atom stereocenters. The van der Waals surface area contributed by atoms with Crippen LogP contribution in [0.1, 0.15) is 24.3 Å². The van der Waals surface area contributed by atoms with Gasteiger partial charge in [-0.05, 0) is 24.8 Å². The van der Waals surface area contributed by atoms with Crippen molar-refractivity contribution >= 4 is 12.4 Å². The molecule has 1 aliphatic carbocycles. The Morgan fingerprint density at radius 2 is 1.73 bits per heavy atom. The van der Waals surface area contributed by atoms with Gasteiger partial charge in [0.15, 0.2) is 0 Å². The van der Waals surface area contributed by atoms with Crippen LogP contribution in [0.5, 0.6) is 0 Å². The molecule has 0 aromatic heterocycles. The van der Waals surface area contributed by atoms with E-state index in [9.17, 15) is 17.3 Å². The van der Waals surface area contributed by atoms with Crippen LogP contribution in [0, 0.1) is 5.82 Å². The van der Waals surface area contributed by atoms with Crippen LogP contribution in [0.25, 0.3) is 0 Å². The van der Waals surface area contributed by atoms with Crippen molar-refractivity contribution in [3.8, 4) is 0 Å². The Hall–Kier alpha value is 0.641. The van der Waals surface area contributed by atoms with Gasteiger partial charge in [0.1, 0.15) is 0 Å². The minimum absolute atomic E-state index is 0. The van der Waals surface area contributed by atoms with Crippen molar-refractivity contribution in [2.24, 2.45) is 0 Å². The normalized spacial score (nSPS) is 16.0. The fourth-order valence-electron chi connectivity index (χ4n) is 1.65. The second kappa shape index (κ2) is 4.87. The summed E-state index contributed by atoms with van der Waals surface area (Å²) in [6.45, 7) is -5.23. The van der Waals surface area contributed by atoms with Gasteiger partial charge in [-0.1, -0.05) is 23.2 Å². The van der Waals surface area contributed by atoms with Gasteiger partial charge < -0.3 is 12.9 Å². The predicted octanol–water partition coefficient (Wildman–Crippen LogP) is -0.239. The molecule has 0 heterocycles. The van der Waals surface area contributed by atoms with E-state index in [0.717, 1.165) is 18.9 Å². The first-order chi connectivity index (χ1) is 6.50. The minimum atomic E-state index is -5.23. The molecule has 0 amide bonds. The van der Waals surface area contributed by atoms with Crippen LogP contribution in [0.3, 0.4) is 0 Å². The molecule has 15 heavy (non-hydrogen) atoms. The summed E-state index contributed by atoms with van der Waals surface area (Å²) in [5.74, 6) is -1.22. The Morgan fingerprint density at radius 1 is 1.13 bits per heavy atom. The molecule has 0 nitrogen and oxygen atoms in total. The van der Waals surface area contributed by atoms with E-state index in [0.29, 0.717) is 0 Å². The monoisotopic (exact) mass is 242 g/mol. The summed E-state index contributed by atoms with van der Waals surface area (Å²) in [5.41, 5.74) is -0.882. The van der Waals surface area contributed by atoms with Crippen molar-refractivity contribution < 1.29 is 68.7 Å². The fourth-order valence-corrected chi connectivity index (χ4v) is 1.65. The van der Waals surface area contributed by atoms with E-state index in [1.807, 2.05) is 0 Å². The maximum Gasteiger partial charge on any atom is 1.00 e. The van der Waals surface area contributed by atoms with E-state index >= 15 is 0 Å². The molecule has 0 bridgehead atoms. The molecule has 0 atom stereocenters. The van der Waals surface area contributed by atoms with Gasteiger partial charge in [0, 0.05) is 0 Å². The molecule has 0 spiro atoms. The Bertz CT molecular complexity index is 360. The Kier molecular flexibility index (Phi) is 4.45. The summed E-state index contributed by atoms with van der Waals surface area (Å²) in [6.07, 6.45) is 1.48. The third-order valence-electron chi connectivity index (χ3n) is 2.43. The van der Waals surface area contributed by atoms with Crippen molar-refractivity contribution in [2.45, 2.75) is 18.8 Å². The summed E-state index contributed by atoms with van der Waals surface area (Å²) < 4.78 is 50.6. The molecule has 76 valence electrons. The van der Waals surface area contributed by atoms with E-state index in [-0.39, 0.29) is 62.9 Å². The standard InChI is InChI=1S/C9H8BF4.K/c11-8-3-1-2-7(6-4-5-6)9(8)10(12,13)14;/h1-3,6H,4-5H2;/q-1;+1. The third-order valence-corrected chi connectivity index (χ3v) is 2.43. The fraction of sp³-hybridized carbons (Fsp3) is 0.333. The molecule has 1 aromatic carbocycles. The van der Waals surface area contributed by atoms with Crippen molar-refractivity contribution in [1.82, 2.24) is 0 Å². The zero-order valence-electron chi connectivity index (χ0n) is 8.31. The largest absolute Gasteiger partial charge is 1.00 e. The molecule has 1 aliphatic rings. The quantitative estimate of drug-likeness (QED) is 0.496. The summed E-state index contributed by atoms with van der Waals surface area (Å²) >= 11 is 0. The zero-order chi connectivity index (χ0) is 10.3. The van der Waals surface area contributed by atoms with Gasteiger partial charge in [-0.3, -0.25) is 0 Å². The van der Waals surface area contributed by atoms with Gasteiger partial charge in [0.2, 0.25) is 0 Å². The van der Waals surface area contributed by atoms with Crippen LogP contribution in [0.2, 0.25) is 0 Å². The maximum absolute atomic E-state index is 13.0. The summed E-state index contributed by atoms with van der Waals surface area (Å²) in [7, 11) is 0. The maximum atomic E-state index is 13.0. The molecule has 0 radical (unpaired) electrons. The van der Waals surface area contributed by atoms with Crippen molar-refractivity contribution in [3.05, 3.63) is 29.6 Å². The van der Waals surface area contributed by atoms with Crippen molar-refractivity contribution in [3.63, 3.8) is 0 Å². The van der Waals surface area contributed by atoms with Gasteiger partial charge in [-0.25, -0.2) is 4.39 Å². The molecule has 1 saturated carbocycles. The van der Waals surface area contributed by atoms with Gasteiger partial charge in [0.05, 0.1) is 5.82 Å². The van der Waals surface area contributed by atoms with Crippen molar-refractivity contribution in [1.29, 1.82) is 0 Å². The topological polar surface area (TPSA) is 0 Å². The molecule has 1 fully saturated rings. The van der Waals surface area contributed by atoms with E-state index in [2.05, 4.69) is 0 Å². The summed E-state index contributed by atoms with van der Waals surface area (Å²) in [6, 6.07) is 3.59. The summed E-state index contributed by atoms with van der Waals surface area (Å²) in [4.78, 5) is 0. The number of hydrogen-bond donors (Lipinski definition) is 0. The Morgan fingerprint density at radius 3 is 2.20 bits per heavy atom. The van der Waals surface area contributed by atoms with Crippen LogP contribution < -0.4 is 56.8 Å². The predicted molar refractivity (Wildman–Crippen MR) is 47.1 cm³/mol. The average Bonchev–Trinajstić information content (AvgIpc) is 2.83. The first-order valence-corrected chi connectivity index (χ1v) is 4.48. The SMILES string of the molecule is Fc1cccc(C2CC2)c1[B-](F)(F)F.[K+]. The first-order valence-electron chi connectivity index (χ1n) is 4.48. The summed E-state index contributed by atoms with van der Waals surface area (Å²) in [5, 5.41) is 0. The van der Waals surface area contributed by atoms with Gasteiger partial charge in [-0.2, -0.15) is 0 Å². The third kappa shape index (κ3) is 3.06. The molecule has 0 aliphatic heterocycles. The number of halogens is 4. The van der Waals surface area contributed by atoms with Gasteiger partial charge in [-0.15, -0.1) is 0 Å². The molecular weight excluding hydrogens is 234 g/mol. The number of hydrogen-bond acceptors (Lipinski definition) is 0. The van der Waals surface area contributed by atoms with Crippen LogP contribution >= 0.6 is 0 Å². The van der Waals surface area contributed by atoms with Crippen molar-refractivity contribution in [2.75, 3.05) is 0 Å². The minimum Gasteiger partial charge on any atom is -0.445 e. The average molecular weight is 242 g/mol. The van der Waals surface area contributed by atoms with Gasteiger partial charge in [0.25, 0.3) is 0 Å². The molecular formula is C9H8BF4K. The van der Waals surface area contributed by atoms with E-state index in [1.165, 1.54) is 12.1 Å². The zero-order valence-corrected chi connectivity index (χ0v) is 11.4. The van der Waals surface area contributed by atoms with Gasteiger partial charge >= 0.3 is 58.4 Å². The Balaban J connectivity index is 0.00000112. The molecule has 2 rings (SSSR count). The second-order valence-electron chi connectivity index (χ2n) is 3.59.